The molecular weight excluding hydrogens is 230 g/mol. The molecule has 3 rings (SSSR count). The molecule has 1 aliphatic heterocycles. The molecule has 1 amide bonds. The number of carbonyl (C=O) groups is 1. The first kappa shape index (κ1) is 11.5. The van der Waals surface area contributed by atoms with E-state index in [1.165, 1.54) is 0 Å². The summed E-state index contributed by atoms with van der Waals surface area (Å²) in [6.45, 7) is 2.00. The molecule has 2 heterocycles. The van der Waals surface area contributed by atoms with Crippen molar-refractivity contribution >= 4 is 11.7 Å². The Morgan fingerprint density at radius 3 is 2.94 bits per heavy atom. The lowest BCUT2D eigenvalue weighted by Crippen LogP contribution is -2.50. The number of aromatic nitrogens is 1. The van der Waals surface area contributed by atoms with Crippen LogP contribution in [0.5, 0.6) is 0 Å². The predicted molar refractivity (Wildman–Crippen MR) is 67.6 cm³/mol. The third-order valence-corrected chi connectivity index (χ3v) is 3.74. The molecule has 1 saturated carbocycles. The number of ether oxygens (including phenoxy) is 1. The number of nitrogens with zero attached hydrogens (tertiary/aromatic N) is 2. The molecular formula is C13H17N3O2. The van der Waals surface area contributed by atoms with Crippen LogP contribution in [0.15, 0.2) is 18.3 Å². The molecule has 5 nitrogen and oxygen atoms in total. The SMILES string of the molecule is CNc1ccc(C(=O)N2CCOCC23CC3)cn1. The zero-order valence-corrected chi connectivity index (χ0v) is 10.5. The van der Waals surface area contributed by atoms with Crippen LogP contribution in [-0.4, -0.2) is 48.1 Å². The number of pyridine rings is 1. The van der Waals surface area contributed by atoms with Gasteiger partial charge >= 0.3 is 0 Å². The smallest absolute Gasteiger partial charge is 0.256 e. The Bertz CT molecular complexity index is 454. The molecule has 2 fully saturated rings. The maximum absolute atomic E-state index is 12.5. The zero-order valence-electron chi connectivity index (χ0n) is 10.5. The van der Waals surface area contributed by atoms with Gasteiger partial charge in [0, 0.05) is 19.8 Å². The van der Waals surface area contributed by atoms with Crippen LogP contribution in [0.4, 0.5) is 5.82 Å². The van der Waals surface area contributed by atoms with Crippen molar-refractivity contribution in [3.05, 3.63) is 23.9 Å². The fraction of sp³-hybridized carbons (Fsp3) is 0.538. The molecule has 1 saturated heterocycles. The number of hydrogen-bond acceptors (Lipinski definition) is 4. The number of anilines is 1. The van der Waals surface area contributed by atoms with Crippen molar-refractivity contribution in [1.29, 1.82) is 0 Å². The van der Waals surface area contributed by atoms with Crippen molar-refractivity contribution in [2.75, 3.05) is 32.1 Å². The van der Waals surface area contributed by atoms with E-state index in [-0.39, 0.29) is 11.4 Å². The molecule has 0 bridgehead atoms. The van der Waals surface area contributed by atoms with E-state index in [1.807, 2.05) is 24.1 Å². The Balaban J connectivity index is 1.80. The molecule has 1 aromatic heterocycles. The monoisotopic (exact) mass is 247 g/mol. The molecule has 1 N–H and O–H groups in total. The average Bonchev–Trinajstić information content (AvgIpc) is 3.19. The van der Waals surface area contributed by atoms with Gasteiger partial charge in [0.1, 0.15) is 5.82 Å². The summed E-state index contributed by atoms with van der Waals surface area (Å²) in [4.78, 5) is 18.6. The number of morpholine rings is 1. The highest BCUT2D eigenvalue weighted by Gasteiger charge is 2.52. The van der Waals surface area contributed by atoms with E-state index in [1.54, 1.807) is 6.20 Å². The van der Waals surface area contributed by atoms with Crippen molar-refractivity contribution in [2.45, 2.75) is 18.4 Å². The number of rotatable bonds is 2. The van der Waals surface area contributed by atoms with Gasteiger partial charge in [0.25, 0.3) is 5.91 Å². The van der Waals surface area contributed by atoms with Gasteiger partial charge in [-0.1, -0.05) is 0 Å². The summed E-state index contributed by atoms with van der Waals surface area (Å²) in [5.41, 5.74) is 0.638. The van der Waals surface area contributed by atoms with Crippen LogP contribution in [0.1, 0.15) is 23.2 Å². The normalized spacial score (nSPS) is 20.8. The van der Waals surface area contributed by atoms with Gasteiger partial charge in [-0.05, 0) is 25.0 Å². The van der Waals surface area contributed by atoms with Crippen LogP contribution in [-0.2, 0) is 4.74 Å². The Morgan fingerprint density at radius 2 is 2.33 bits per heavy atom. The third-order valence-electron chi connectivity index (χ3n) is 3.74. The average molecular weight is 247 g/mol. The lowest BCUT2D eigenvalue weighted by atomic mass is 10.1. The Morgan fingerprint density at radius 1 is 1.50 bits per heavy atom. The lowest BCUT2D eigenvalue weighted by molar-refractivity contribution is -0.0117. The van der Waals surface area contributed by atoms with Crippen molar-refractivity contribution in [3.63, 3.8) is 0 Å². The van der Waals surface area contributed by atoms with Crippen LogP contribution in [0.25, 0.3) is 0 Å². The molecule has 5 heteroatoms. The second-order valence-corrected chi connectivity index (χ2v) is 4.92. The molecule has 0 atom stereocenters. The van der Waals surface area contributed by atoms with Gasteiger partial charge < -0.3 is 15.0 Å². The molecule has 0 unspecified atom stereocenters. The summed E-state index contributed by atoms with van der Waals surface area (Å²) < 4.78 is 5.48. The Hall–Kier alpha value is -1.62. The van der Waals surface area contributed by atoms with Gasteiger partial charge in [0.15, 0.2) is 0 Å². The van der Waals surface area contributed by atoms with E-state index in [2.05, 4.69) is 10.3 Å². The van der Waals surface area contributed by atoms with E-state index < -0.39 is 0 Å². The molecule has 96 valence electrons. The third kappa shape index (κ3) is 1.84. The van der Waals surface area contributed by atoms with Gasteiger partial charge in [-0.3, -0.25) is 4.79 Å². The lowest BCUT2D eigenvalue weighted by Gasteiger charge is -2.36. The second-order valence-electron chi connectivity index (χ2n) is 4.92. The number of nitrogens with one attached hydrogen (secondary N) is 1. The molecule has 0 radical (unpaired) electrons. The second kappa shape index (κ2) is 4.24. The van der Waals surface area contributed by atoms with Crippen LogP contribution in [0.3, 0.4) is 0 Å². The topological polar surface area (TPSA) is 54.5 Å². The Labute approximate surface area is 106 Å². The summed E-state index contributed by atoms with van der Waals surface area (Å²) in [5.74, 6) is 0.848. The highest BCUT2D eigenvalue weighted by atomic mass is 16.5. The zero-order chi connectivity index (χ0) is 12.6. The van der Waals surface area contributed by atoms with Crippen LogP contribution < -0.4 is 5.32 Å². The maximum Gasteiger partial charge on any atom is 0.256 e. The van der Waals surface area contributed by atoms with Gasteiger partial charge in [0.2, 0.25) is 0 Å². The van der Waals surface area contributed by atoms with Crippen LogP contribution in [0.2, 0.25) is 0 Å². The highest BCUT2D eigenvalue weighted by Crippen LogP contribution is 2.44. The minimum atomic E-state index is -0.0169. The number of carbonyl (C=O) groups excluding carboxylic acids is 1. The first-order chi connectivity index (χ1) is 8.75. The van der Waals surface area contributed by atoms with Crippen LogP contribution in [0, 0.1) is 0 Å². The van der Waals surface area contributed by atoms with E-state index in [0.717, 1.165) is 18.7 Å². The maximum atomic E-state index is 12.5. The van der Waals surface area contributed by atoms with Crippen molar-refractivity contribution < 1.29 is 9.53 Å². The van der Waals surface area contributed by atoms with Gasteiger partial charge in [-0.2, -0.15) is 0 Å². The van der Waals surface area contributed by atoms with Crippen molar-refractivity contribution in [3.8, 4) is 0 Å². The van der Waals surface area contributed by atoms with E-state index in [9.17, 15) is 4.79 Å². The molecule has 0 aromatic carbocycles. The molecule has 1 aliphatic carbocycles. The first-order valence-corrected chi connectivity index (χ1v) is 6.29. The molecule has 2 aliphatic rings. The summed E-state index contributed by atoms with van der Waals surface area (Å²) in [6.07, 6.45) is 3.75. The number of amides is 1. The standard InChI is InChI=1S/C13H17N3O2/c1-14-11-3-2-10(8-15-11)12(17)16-6-7-18-9-13(16)4-5-13/h2-3,8H,4-7,9H2,1H3,(H,14,15). The van der Waals surface area contributed by atoms with Crippen molar-refractivity contribution in [2.24, 2.45) is 0 Å². The summed E-state index contributed by atoms with van der Waals surface area (Å²) in [6, 6.07) is 3.65. The minimum Gasteiger partial charge on any atom is -0.377 e. The predicted octanol–water partition coefficient (Wildman–Crippen LogP) is 1.13. The summed E-state index contributed by atoms with van der Waals surface area (Å²) in [7, 11) is 1.81. The van der Waals surface area contributed by atoms with Gasteiger partial charge in [0.05, 0.1) is 24.3 Å². The minimum absolute atomic E-state index is 0.0169. The molecule has 1 spiro atoms. The van der Waals surface area contributed by atoms with E-state index in [4.69, 9.17) is 4.74 Å². The van der Waals surface area contributed by atoms with Gasteiger partial charge in [-0.25, -0.2) is 4.98 Å². The first-order valence-electron chi connectivity index (χ1n) is 6.29. The highest BCUT2D eigenvalue weighted by molar-refractivity contribution is 5.95. The van der Waals surface area contributed by atoms with E-state index in [0.29, 0.717) is 25.3 Å². The summed E-state index contributed by atoms with van der Waals surface area (Å²) in [5, 5.41) is 2.95. The summed E-state index contributed by atoms with van der Waals surface area (Å²) >= 11 is 0. The quantitative estimate of drug-likeness (QED) is 0.851. The number of hydrogen-bond donors (Lipinski definition) is 1. The van der Waals surface area contributed by atoms with Gasteiger partial charge in [-0.15, -0.1) is 0 Å². The van der Waals surface area contributed by atoms with Crippen LogP contribution >= 0.6 is 0 Å². The molecule has 18 heavy (non-hydrogen) atoms. The fourth-order valence-electron chi connectivity index (χ4n) is 2.43. The largest absolute Gasteiger partial charge is 0.377 e. The van der Waals surface area contributed by atoms with Crippen molar-refractivity contribution in [1.82, 2.24) is 9.88 Å². The fourth-order valence-corrected chi connectivity index (χ4v) is 2.43. The van der Waals surface area contributed by atoms with E-state index >= 15 is 0 Å². The Kier molecular flexibility index (Phi) is 2.70. The molecule has 1 aromatic rings.